The van der Waals surface area contributed by atoms with E-state index in [1.165, 1.54) is 77.6 Å². The molecule has 0 radical (unpaired) electrons. The Morgan fingerprint density at radius 2 is 1.18 bits per heavy atom. The van der Waals surface area contributed by atoms with Crippen LogP contribution in [0.15, 0.2) is 10.2 Å². The zero-order valence-corrected chi connectivity index (χ0v) is 21.9. The minimum atomic E-state index is -1.08. The molecule has 0 aliphatic carbocycles. The molecule has 1 atom stereocenters. The van der Waals surface area contributed by atoms with E-state index in [-0.39, 0.29) is 24.5 Å². The average Bonchev–Trinajstić information content (AvgIpc) is 2.79. The number of carboxylic acid groups (broad SMARTS) is 1. The fourth-order valence-corrected chi connectivity index (χ4v) is 3.87. The second-order valence-electron chi connectivity index (χ2n) is 9.36. The lowest BCUT2D eigenvalue weighted by molar-refractivity contribution is -0.142. The molecule has 0 saturated heterocycles. The third kappa shape index (κ3) is 21.8. The van der Waals surface area contributed by atoms with Crippen molar-refractivity contribution in [3.63, 3.8) is 0 Å². The normalized spacial score (nSPS) is 12.7. The molecule has 2 N–H and O–H groups in total. The summed E-state index contributed by atoms with van der Waals surface area (Å²) in [6.45, 7) is 5.35. The van der Waals surface area contributed by atoms with Crippen molar-refractivity contribution >= 4 is 29.6 Å². The third-order valence-corrected chi connectivity index (χ3v) is 5.95. The Hall–Kier alpha value is -2.05. The number of amides is 1. The van der Waals surface area contributed by atoms with Crippen LogP contribution in [0.5, 0.6) is 0 Å². The van der Waals surface area contributed by atoms with Gasteiger partial charge in [-0.15, -0.1) is 0 Å². The molecule has 0 heterocycles. The van der Waals surface area contributed by atoms with Crippen LogP contribution in [-0.2, 0) is 14.4 Å². The zero-order chi connectivity index (χ0) is 25.4. The summed E-state index contributed by atoms with van der Waals surface area (Å²) < 4.78 is 0. The Balaban J connectivity index is 3.45. The van der Waals surface area contributed by atoms with Crippen LogP contribution < -0.4 is 5.32 Å². The summed E-state index contributed by atoms with van der Waals surface area (Å²) in [6, 6.07) is -0.966. The Bertz CT molecular complexity index is 617. The molecule has 0 spiro atoms. The number of nitrogens with zero attached hydrogens (tertiary/aromatic N) is 2. The zero-order valence-electron chi connectivity index (χ0n) is 21.9. The number of hydrogen-bond donors (Lipinski definition) is 2. The predicted octanol–water partition coefficient (Wildman–Crippen LogP) is 6.63. The van der Waals surface area contributed by atoms with E-state index in [2.05, 4.69) is 15.5 Å². The number of ketones is 1. The van der Waals surface area contributed by atoms with Crippen molar-refractivity contribution in [2.45, 2.75) is 142 Å². The van der Waals surface area contributed by atoms with Gasteiger partial charge in [-0.2, -0.15) is 10.2 Å². The summed E-state index contributed by atoms with van der Waals surface area (Å²) in [4.78, 5) is 34.1. The summed E-state index contributed by atoms with van der Waals surface area (Å²) >= 11 is 0. The molecule has 7 nitrogen and oxygen atoms in total. The van der Waals surface area contributed by atoms with Gasteiger partial charge in [0.25, 0.3) is 0 Å². The van der Waals surface area contributed by atoms with E-state index >= 15 is 0 Å². The first-order valence-corrected chi connectivity index (χ1v) is 13.4. The Kier molecular flexibility index (Phi) is 21.4. The largest absolute Gasteiger partial charge is 0.480 e. The Morgan fingerprint density at radius 1 is 0.735 bits per heavy atom. The Morgan fingerprint density at radius 3 is 1.59 bits per heavy atom. The summed E-state index contributed by atoms with van der Waals surface area (Å²) in [5, 5.41) is 19.7. The number of carbonyl (C=O) groups excluding carboxylic acids is 2. The van der Waals surface area contributed by atoms with E-state index in [0.717, 1.165) is 31.4 Å². The van der Waals surface area contributed by atoms with Crippen molar-refractivity contribution in [3.05, 3.63) is 0 Å². The predicted molar refractivity (Wildman–Crippen MR) is 141 cm³/mol. The molecule has 0 aromatic carbocycles. The minimum absolute atomic E-state index is 0.0675. The lowest BCUT2D eigenvalue weighted by Crippen LogP contribution is -2.40. The fraction of sp³-hybridized carbons (Fsp3) is 0.815. The topological polar surface area (TPSA) is 108 Å². The van der Waals surface area contributed by atoms with Gasteiger partial charge in [0.15, 0.2) is 0 Å². The van der Waals surface area contributed by atoms with Crippen LogP contribution in [0.25, 0.3) is 0 Å². The number of unbranched alkanes of at least 4 members (excludes halogenated alkanes) is 13. The first-order chi connectivity index (χ1) is 16.4. The number of nitrogens with one attached hydrogen (secondary N) is 1. The first kappa shape index (κ1) is 31.9. The van der Waals surface area contributed by atoms with Gasteiger partial charge in [0.1, 0.15) is 11.8 Å². The van der Waals surface area contributed by atoms with Crippen LogP contribution in [0.1, 0.15) is 136 Å². The summed E-state index contributed by atoms with van der Waals surface area (Å²) in [6.07, 6.45) is 20.5. The molecular weight excluding hydrogens is 430 g/mol. The molecule has 0 saturated carbocycles. The first-order valence-electron chi connectivity index (χ1n) is 13.4. The second-order valence-corrected chi connectivity index (χ2v) is 9.36. The molecule has 0 bridgehead atoms. The van der Waals surface area contributed by atoms with Gasteiger partial charge in [-0.25, -0.2) is 4.79 Å². The van der Waals surface area contributed by atoms with Crippen LogP contribution in [-0.4, -0.2) is 40.7 Å². The number of hydrogen-bond acceptors (Lipinski definition) is 5. The third-order valence-electron chi connectivity index (χ3n) is 5.95. The van der Waals surface area contributed by atoms with Crippen LogP contribution in [0, 0.1) is 0 Å². The number of rotatable bonds is 23. The molecule has 196 valence electrons. The van der Waals surface area contributed by atoms with Gasteiger partial charge in [-0.05, 0) is 46.5 Å². The van der Waals surface area contributed by atoms with E-state index in [1.807, 2.05) is 13.8 Å². The maximum Gasteiger partial charge on any atom is 0.326 e. The summed E-state index contributed by atoms with van der Waals surface area (Å²) in [5.41, 5.74) is 1.12. The highest BCUT2D eigenvalue weighted by Crippen LogP contribution is 2.14. The monoisotopic (exact) mass is 479 g/mol. The van der Waals surface area contributed by atoms with Crippen molar-refractivity contribution in [3.8, 4) is 0 Å². The highest BCUT2D eigenvalue weighted by atomic mass is 16.4. The number of aliphatic carboxylic acids is 1. The molecule has 0 unspecified atom stereocenters. The molecule has 0 aromatic rings. The molecule has 34 heavy (non-hydrogen) atoms. The summed E-state index contributed by atoms with van der Waals surface area (Å²) in [5.74, 6) is -1.38. The molecule has 0 rings (SSSR count). The standard InChI is InChI=1S/C27H49N3O4/c1-4-28-30-23(2)19-17-15-13-11-9-7-5-6-8-10-12-14-16-18-20-26(32)29-25(27(33)34)22-21-24(3)31/h4,25H,5-22H2,1-3H3,(H,29,32)(H,33,34)/b28-4-,30-23+/t25-/m0/s1. The van der Waals surface area contributed by atoms with Gasteiger partial charge in [-0.3, -0.25) is 4.79 Å². The van der Waals surface area contributed by atoms with E-state index in [1.54, 1.807) is 6.21 Å². The van der Waals surface area contributed by atoms with Crippen molar-refractivity contribution < 1.29 is 19.5 Å². The van der Waals surface area contributed by atoms with E-state index in [9.17, 15) is 14.4 Å². The highest BCUT2D eigenvalue weighted by Gasteiger charge is 2.19. The molecule has 0 fully saturated rings. The summed E-state index contributed by atoms with van der Waals surface area (Å²) in [7, 11) is 0. The molecule has 7 heteroatoms. The lowest BCUT2D eigenvalue weighted by atomic mass is 10.0. The van der Waals surface area contributed by atoms with Gasteiger partial charge < -0.3 is 15.2 Å². The molecular formula is C27H49N3O4. The quantitative estimate of drug-likeness (QED) is 0.0973. The van der Waals surface area contributed by atoms with Crippen molar-refractivity contribution in [2.75, 3.05) is 0 Å². The van der Waals surface area contributed by atoms with Crippen molar-refractivity contribution in [1.82, 2.24) is 5.32 Å². The van der Waals surface area contributed by atoms with Crippen LogP contribution in [0.3, 0.4) is 0 Å². The van der Waals surface area contributed by atoms with E-state index < -0.39 is 12.0 Å². The molecule has 0 aliphatic heterocycles. The van der Waals surface area contributed by atoms with Crippen LogP contribution in [0.2, 0.25) is 0 Å². The minimum Gasteiger partial charge on any atom is -0.480 e. The maximum absolute atomic E-state index is 11.9. The van der Waals surface area contributed by atoms with Gasteiger partial charge in [0.2, 0.25) is 5.91 Å². The second kappa shape index (κ2) is 22.7. The highest BCUT2D eigenvalue weighted by molar-refractivity contribution is 5.84. The number of carboxylic acids is 1. The number of Topliss-reactive ketones (excluding diaryl/α,β-unsaturated/α-hetero) is 1. The van der Waals surface area contributed by atoms with E-state index in [4.69, 9.17) is 5.11 Å². The van der Waals surface area contributed by atoms with Gasteiger partial charge in [0, 0.05) is 24.8 Å². The van der Waals surface area contributed by atoms with Gasteiger partial charge in [-0.1, -0.05) is 77.0 Å². The Labute approximate surface area is 207 Å². The molecule has 1 amide bonds. The molecule has 0 aliphatic rings. The maximum atomic E-state index is 11.9. The lowest BCUT2D eigenvalue weighted by Gasteiger charge is -2.13. The van der Waals surface area contributed by atoms with Crippen LogP contribution >= 0.6 is 0 Å². The SMILES string of the molecule is C/C=N\N=C(/C)CCCCCCCCCCCCCCCCC(=O)N[C@@H](CCC(C)=O)C(=O)O. The molecule has 0 aromatic heterocycles. The fourth-order valence-electron chi connectivity index (χ4n) is 3.87. The van der Waals surface area contributed by atoms with Gasteiger partial charge >= 0.3 is 5.97 Å². The number of carbonyl (C=O) groups is 3. The van der Waals surface area contributed by atoms with Crippen molar-refractivity contribution in [1.29, 1.82) is 0 Å². The van der Waals surface area contributed by atoms with Gasteiger partial charge in [0.05, 0.1) is 0 Å². The smallest absolute Gasteiger partial charge is 0.326 e. The van der Waals surface area contributed by atoms with Crippen molar-refractivity contribution in [2.24, 2.45) is 10.2 Å². The average molecular weight is 480 g/mol. The van der Waals surface area contributed by atoms with Crippen LogP contribution in [0.4, 0.5) is 0 Å². The van der Waals surface area contributed by atoms with E-state index in [0.29, 0.717) is 6.42 Å².